The Labute approximate surface area is 110 Å². The van der Waals surface area contributed by atoms with E-state index in [1.165, 1.54) is 6.42 Å². The first-order valence-electron chi connectivity index (χ1n) is 6.98. The Kier molecular flexibility index (Phi) is 7.23. The number of carbonyl (C=O) groups excluding carboxylic acids is 1. The van der Waals surface area contributed by atoms with Crippen LogP contribution in [0.3, 0.4) is 0 Å². The first kappa shape index (κ1) is 15.4. The largest absolute Gasteiger partial charge is 0.395 e. The molecule has 5 nitrogen and oxygen atoms in total. The lowest BCUT2D eigenvalue weighted by Gasteiger charge is -2.29. The average molecular weight is 257 g/mol. The fourth-order valence-corrected chi connectivity index (χ4v) is 2.40. The zero-order valence-corrected chi connectivity index (χ0v) is 11.5. The van der Waals surface area contributed by atoms with Crippen molar-refractivity contribution < 1.29 is 9.90 Å². The lowest BCUT2D eigenvalue weighted by Crippen LogP contribution is -2.45. The van der Waals surface area contributed by atoms with Crippen molar-refractivity contribution in [2.75, 3.05) is 39.8 Å². The number of nitrogens with two attached hydrogens (primary N) is 1. The molecule has 3 N–H and O–H groups in total. The molecule has 0 spiro atoms. The highest BCUT2D eigenvalue weighted by Crippen LogP contribution is 2.16. The molecule has 106 valence electrons. The molecule has 0 aromatic heterocycles. The second kappa shape index (κ2) is 8.45. The van der Waals surface area contributed by atoms with Gasteiger partial charge in [0, 0.05) is 19.6 Å². The van der Waals surface area contributed by atoms with E-state index < -0.39 is 0 Å². The van der Waals surface area contributed by atoms with Gasteiger partial charge in [0.1, 0.15) is 0 Å². The summed E-state index contributed by atoms with van der Waals surface area (Å²) in [5, 5.41) is 9.40. The highest BCUT2D eigenvalue weighted by atomic mass is 16.3. The van der Waals surface area contributed by atoms with Crippen LogP contribution in [0.1, 0.15) is 32.1 Å². The Morgan fingerprint density at radius 1 is 1.44 bits per heavy atom. The minimum absolute atomic E-state index is 0.129. The topological polar surface area (TPSA) is 69.8 Å². The van der Waals surface area contributed by atoms with Crippen molar-refractivity contribution >= 4 is 5.91 Å². The first-order valence-corrected chi connectivity index (χ1v) is 6.98. The van der Waals surface area contributed by atoms with Gasteiger partial charge in [-0.1, -0.05) is 12.8 Å². The van der Waals surface area contributed by atoms with Crippen molar-refractivity contribution in [2.45, 2.75) is 38.1 Å². The van der Waals surface area contributed by atoms with Gasteiger partial charge in [-0.05, 0) is 32.4 Å². The summed E-state index contributed by atoms with van der Waals surface area (Å²) >= 11 is 0. The van der Waals surface area contributed by atoms with Crippen LogP contribution in [-0.2, 0) is 4.79 Å². The Balaban J connectivity index is 2.44. The van der Waals surface area contributed by atoms with E-state index in [2.05, 4.69) is 4.90 Å². The van der Waals surface area contributed by atoms with E-state index in [4.69, 9.17) is 5.73 Å². The van der Waals surface area contributed by atoms with Crippen LogP contribution in [0.2, 0.25) is 0 Å². The smallest absolute Gasteiger partial charge is 0.236 e. The maximum absolute atomic E-state index is 12.1. The third-order valence-corrected chi connectivity index (χ3v) is 3.67. The quantitative estimate of drug-likeness (QED) is 0.704. The summed E-state index contributed by atoms with van der Waals surface area (Å²) in [4.78, 5) is 15.9. The summed E-state index contributed by atoms with van der Waals surface area (Å²) < 4.78 is 0. The van der Waals surface area contributed by atoms with Crippen molar-refractivity contribution in [3.05, 3.63) is 0 Å². The number of aliphatic hydroxyl groups excluding tert-OH is 1. The molecule has 1 aliphatic rings. The Morgan fingerprint density at radius 3 is 2.89 bits per heavy atom. The fourth-order valence-electron chi connectivity index (χ4n) is 2.40. The number of amides is 1. The third kappa shape index (κ3) is 4.92. The molecule has 1 aliphatic heterocycles. The number of likely N-dealkylation sites (tertiary alicyclic amines) is 1. The SMILES string of the molecule is CN(CCCN)C(=O)CN1CCCCCC1CO. The van der Waals surface area contributed by atoms with Crippen molar-refractivity contribution in [3.8, 4) is 0 Å². The third-order valence-electron chi connectivity index (χ3n) is 3.67. The van der Waals surface area contributed by atoms with E-state index in [1.807, 2.05) is 7.05 Å². The number of hydrogen-bond donors (Lipinski definition) is 2. The predicted molar refractivity (Wildman–Crippen MR) is 72.2 cm³/mol. The van der Waals surface area contributed by atoms with E-state index >= 15 is 0 Å². The molecule has 0 aromatic rings. The van der Waals surface area contributed by atoms with Crippen molar-refractivity contribution in [2.24, 2.45) is 5.73 Å². The average Bonchev–Trinajstić information content (AvgIpc) is 2.60. The van der Waals surface area contributed by atoms with Crippen molar-refractivity contribution in [3.63, 3.8) is 0 Å². The Morgan fingerprint density at radius 2 is 2.22 bits per heavy atom. The number of nitrogens with zero attached hydrogens (tertiary/aromatic N) is 2. The van der Waals surface area contributed by atoms with Gasteiger partial charge in [-0.25, -0.2) is 0 Å². The molecule has 0 aromatic carbocycles. The monoisotopic (exact) mass is 257 g/mol. The number of carbonyl (C=O) groups is 1. The van der Waals surface area contributed by atoms with Gasteiger partial charge in [-0.15, -0.1) is 0 Å². The molecule has 1 saturated heterocycles. The first-order chi connectivity index (χ1) is 8.69. The molecule has 0 bridgehead atoms. The number of likely N-dealkylation sites (N-methyl/N-ethyl adjacent to an activating group) is 1. The van der Waals surface area contributed by atoms with Gasteiger partial charge in [0.05, 0.1) is 13.2 Å². The summed E-state index contributed by atoms with van der Waals surface area (Å²) in [5.74, 6) is 0.129. The molecule has 1 fully saturated rings. The van der Waals surface area contributed by atoms with Gasteiger partial charge >= 0.3 is 0 Å². The minimum Gasteiger partial charge on any atom is -0.395 e. The van der Waals surface area contributed by atoms with Crippen LogP contribution in [0.15, 0.2) is 0 Å². The molecule has 1 rings (SSSR count). The van der Waals surface area contributed by atoms with Crippen LogP contribution < -0.4 is 5.73 Å². The number of hydrogen-bond acceptors (Lipinski definition) is 4. The lowest BCUT2D eigenvalue weighted by molar-refractivity contribution is -0.131. The molecule has 1 atom stereocenters. The maximum atomic E-state index is 12.1. The second-order valence-electron chi connectivity index (χ2n) is 5.11. The lowest BCUT2D eigenvalue weighted by atomic mass is 10.1. The van der Waals surface area contributed by atoms with Gasteiger partial charge < -0.3 is 15.7 Å². The maximum Gasteiger partial charge on any atom is 0.236 e. The summed E-state index contributed by atoms with van der Waals surface area (Å²) in [7, 11) is 1.82. The summed E-state index contributed by atoms with van der Waals surface area (Å²) in [6.45, 7) is 2.82. The van der Waals surface area contributed by atoms with Crippen LogP contribution in [0.25, 0.3) is 0 Å². The highest BCUT2D eigenvalue weighted by molar-refractivity contribution is 5.78. The van der Waals surface area contributed by atoms with Crippen molar-refractivity contribution in [1.29, 1.82) is 0 Å². The van der Waals surface area contributed by atoms with Gasteiger partial charge in [-0.3, -0.25) is 9.69 Å². The fraction of sp³-hybridized carbons (Fsp3) is 0.923. The highest BCUT2D eigenvalue weighted by Gasteiger charge is 2.23. The van der Waals surface area contributed by atoms with Crippen molar-refractivity contribution in [1.82, 2.24) is 9.80 Å². The summed E-state index contributed by atoms with van der Waals surface area (Å²) in [5.41, 5.74) is 5.44. The minimum atomic E-state index is 0.129. The summed E-state index contributed by atoms with van der Waals surface area (Å²) in [6, 6.07) is 0.152. The Hall–Kier alpha value is -0.650. The molecule has 5 heteroatoms. The van der Waals surface area contributed by atoms with Gasteiger partial charge in [0.2, 0.25) is 5.91 Å². The second-order valence-corrected chi connectivity index (χ2v) is 5.11. The van der Waals surface area contributed by atoms with Gasteiger partial charge in [-0.2, -0.15) is 0 Å². The van der Waals surface area contributed by atoms with Gasteiger partial charge in [0.25, 0.3) is 0 Å². The van der Waals surface area contributed by atoms with Crippen LogP contribution >= 0.6 is 0 Å². The number of aliphatic hydroxyl groups is 1. The van der Waals surface area contributed by atoms with Crippen LogP contribution in [0, 0.1) is 0 Å². The van der Waals surface area contributed by atoms with E-state index in [0.717, 1.165) is 32.2 Å². The molecule has 1 heterocycles. The zero-order valence-electron chi connectivity index (χ0n) is 11.5. The van der Waals surface area contributed by atoms with E-state index in [0.29, 0.717) is 19.6 Å². The van der Waals surface area contributed by atoms with Crippen LogP contribution in [0.5, 0.6) is 0 Å². The molecule has 1 unspecified atom stereocenters. The molecule has 18 heavy (non-hydrogen) atoms. The normalized spacial score (nSPS) is 21.6. The van der Waals surface area contributed by atoms with E-state index in [-0.39, 0.29) is 18.6 Å². The van der Waals surface area contributed by atoms with Crippen LogP contribution in [-0.4, -0.2) is 66.7 Å². The molecule has 0 aliphatic carbocycles. The molecular formula is C13H27N3O2. The standard InChI is InChI=1S/C13H27N3O2/c1-15(8-5-7-14)13(18)10-16-9-4-2-3-6-12(16)11-17/h12,17H,2-11,14H2,1H3. The molecule has 0 radical (unpaired) electrons. The molecule has 1 amide bonds. The number of rotatable bonds is 6. The zero-order chi connectivity index (χ0) is 13.4. The summed E-state index contributed by atoms with van der Waals surface area (Å²) in [6.07, 6.45) is 5.31. The molecular weight excluding hydrogens is 230 g/mol. The van der Waals surface area contributed by atoms with Gasteiger partial charge in [0.15, 0.2) is 0 Å². The van der Waals surface area contributed by atoms with E-state index in [1.54, 1.807) is 4.90 Å². The molecule has 0 saturated carbocycles. The van der Waals surface area contributed by atoms with Crippen LogP contribution in [0.4, 0.5) is 0 Å². The van der Waals surface area contributed by atoms with E-state index in [9.17, 15) is 9.90 Å². The predicted octanol–water partition coefficient (Wildman–Crippen LogP) is 0.0305. The Bertz CT molecular complexity index is 248.